The van der Waals surface area contributed by atoms with E-state index >= 15 is 4.79 Å². The number of benzene rings is 2. The average Bonchev–Trinajstić information content (AvgIpc) is 4.20. The fraction of sp³-hybridized carbons (Fsp3) is 0.553. The molecular formula is C47H56FN5O9S. The quantitative estimate of drug-likeness (QED) is 0.203. The first-order valence-electron chi connectivity index (χ1n) is 22.3. The van der Waals surface area contributed by atoms with Crippen molar-refractivity contribution >= 4 is 44.6 Å². The van der Waals surface area contributed by atoms with Gasteiger partial charge in [-0.15, -0.1) is 0 Å². The van der Waals surface area contributed by atoms with Crippen LogP contribution in [0.1, 0.15) is 85.0 Å². The van der Waals surface area contributed by atoms with Gasteiger partial charge in [0.1, 0.15) is 35.3 Å². The van der Waals surface area contributed by atoms with Crippen LogP contribution < -0.4 is 19.5 Å². The molecule has 0 bridgehead atoms. The molecule has 1 saturated heterocycles. The van der Waals surface area contributed by atoms with Crippen LogP contribution in [0.5, 0.6) is 11.6 Å². The van der Waals surface area contributed by atoms with Crippen LogP contribution >= 0.6 is 0 Å². The van der Waals surface area contributed by atoms with Crippen LogP contribution in [0.25, 0.3) is 22.0 Å². The van der Waals surface area contributed by atoms with Gasteiger partial charge in [-0.25, -0.2) is 22.6 Å². The second-order valence-corrected chi connectivity index (χ2v) is 21.6. The van der Waals surface area contributed by atoms with Gasteiger partial charge in [-0.2, -0.15) is 0 Å². The molecule has 5 fully saturated rings. The second-order valence-electron chi connectivity index (χ2n) is 19.4. The highest BCUT2D eigenvalue weighted by Gasteiger charge is 2.63. The molecule has 1 aromatic heterocycles. The van der Waals surface area contributed by atoms with Crippen LogP contribution in [0.15, 0.2) is 60.7 Å². The van der Waals surface area contributed by atoms with Crippen LogP contribution in [0.2, 0.25) is 0 Å². The number of sulfonamides is 1. The van der Waals surface area contributed by atoms with Gasteiger partial charge in [0.25, 0.3) is 5.91 Å². The van der Waals surface area contributed by atoms with E-state index < -0.39 is 80.0 Å². The highest BCUT2D eigenvalue weighted by molar-refractivity contribution is 7.91. The molecule has 6 aliphatic rings. The van der Waals surface area contributed by atoms with E-state index in [0.29, 0.717) is 78.1 Å². The predicted octanol–water partition coefficient (Wildman–Crippen LogP) is 6.43. The molecule has 16 heteroatoms. The number of halogens is 1. The standard InChI is InChI=1S/C47H56FN5O9S/c1-26-7-5-6-8-32-24-47(32,44(56)51-63(59,60)46(3)15-16-46)50-41(54)39-23-36(25-52(39)43(55)40(27(2)17-26)53(45(57)58)34-19-29-18-30(29)20-34)62-42-37-14-13-35(61-4)21-31(37)22-38(49-42)28-9-11-33(48)12-10-28/h6,8-14,21-22,26-27,29-30,32,34,36,39-40H,5,7,15-20,23-25H2,1-4H3,(H,50,54)(H,51,56)(H,57,58)/b8-6-/t26-,27+,29-,30?,32+,34+,36+,39-,40-,47+/m0/s1. The molecule has 3 aromatic rings. The van der Waals surface area contributed by atoms with E-state index in [1.807, 2.05) is 31.2 Å². The molecule has 4 saturated carbocycles. The number of amides is 4. The number of allylic oxidation sites excluding steroid dienone is 1. The van der Waals surface area contributed by atoms with Gasteiger partial charge in [0.2, 0.25) is 27.7 Å². The van der Waals surface area contributed by atoms with Crippen molar-refractivity contribution in [2.24, 2.45) is 29.6 Å². The Balaban J connectivity index is 1.10. The zero-order valence-corrected chi connectivity index (χ0v) is 36.9. The fourth-order valence-corrected chi connectivity index (χ4v) is 11.8. The first kappa shape index (κ1) is 43.0. The summed E-state index contributed by atoms with van der Waals surface area (Å²) in [5.41, 5.74) is -0.479. The molecule has 9 rings (SSSR count). The molecule has 0 spiro atoms. The van der Waals surface area contributed by atoms with Gasteiger partial charge in [0.05, 0.1) is 24.1 Å². The van der Waals surface area contributed by atoms with Crippen molar-refractivity contribution in [1.29, 1.82) is 0 Å². The predicted molar refractivity (Wildman–Crippen MR) is 231 cm³/mol. The molecule has 2 aromatic carbocycles. The molecule has 0 radical (unpaired) electrons. The summed E-state index contributed by atoms with van der Waals surface area (Å²) in [6, 6.07) is 10.4. The number of hydrogen-bond acceptors (Lipinski definition) is 9. The summed E-state index contributed by atoms with van der Waals surface area (Å²) in [5, 5.41) is 15.2. The monoisotopic (exact) mass is 885 g/mol. The summed E-state index contributed by atoms with van der Waals surface area (Å²) >= 11 is 0. The van der Waals surface area contributed by atoms with Crippen molar-refractivity contribution < 1.29 is 46.6 Å². The third-order valence-corrected chi connectivity index (χ3v) is 16.9. The van der Waals surface area contributed by atoms with E-state index in [1.54, 1.807) is 38.3 Å². The Labute approximate surface area is 367 Å². The van der Waals surface area contributed by atoms with E-state index in [-0.39, 0.29) is 37.2 Å². The number of carboxylic acid groups (broad SMARTS) is 1. The fourth-order valence-electron chi connectivity index (χ4n) is 10.5. The minimum absolute atomic E-state index is 0.0373. The summed E-state index contributed by atoms with van der Waals surface area (Å²) in [6.07, 6.45) is 7.12. The van der Waals surface area contributed by atoms with Crippen molar-refractivity contribution in [1.82, 2.24) is 24.8 Å². The lowest BCUT2D eigenvalue weighted by Crippen LogP contribution is -2.61. The third-order valence-electron chi connectivity index (χ3n) is 14.8. The molecule has 10 atom stereocenters. The van der Waals surface area contributed by atoms with E-state index in [2.05, 4.69) is 17.0 Å². The van der Waals surface area contributed by atoms with Gasteiger partial charge < -0.3 is 24.8 Å². The number of fused-ring (bicyclic) bond motifs is 4. The first-order chi connectivity index (χ1) is 30.0. The smallest absolute Gasteiger partial charge is 0.408 e. The number of nitrogens with one attached hydrogen (secondary N) is 2. The lowest BCUT2D eigenvalue weighted by atomic mass is 9.86. The molecule has 14 nitrogen and oxygen atoms in total. The minimum Gasteiger partial charge on any atom is -0.497 e. The summed E-state index contributed by atoms with van der Waals surface area (Å²) in [6.45, 7) is 5.48. The molecular weight excluding hydrogens is 830 g/mol. The molecule has 63 heavy (non-hydrogen) atoms. The largest absolute Gasteiger partial charge is 0.497 e. The van der Waals surface area contributed by atoms with Gasteiger partial charge in [-0.05, 0) is 142 Å². The van der Waals surface area contributed by atoms with Crippen LogP contribution in [-0.2, 0) is 24.4 Å². The number of pyridine rings is 1. The number of methoxy groups -OCH3 is 1. The number of nitrogens with zero attached hydrogens (tertiary/aromatic N) is 3. The van der Waals surface area contributed by atoms with Gasteiger partial charge in [-0.1, -0.05) is 26.0 Å². The summed E-state index contributed by atoms with van der Waals surface area (Å²) in [7, 11) is -2.50. The highest BCUT2D eigenvalue weighted by Crippen LogP contribution is 2.54. The SMILES string of the molecule is COc1ccc2c(O[C@@H]3C[C@H]4C(=O)N[C@]5(C(=O)NS(=O)(=O)C6(C)CC6)C[C@H]5/C=C\CC[C@H](C)C[C@@H](C)[C@H](N(C(=O)O)[C@H]5CC6C[C@H]6C5)C(=O)N4C3)nc(-c3ccc(F)cc3)cc2c1. The highest BCUT2D eigenvalue weighted by atomic mass is 32.2. The third kappa shape index (κ3) is 8.23. The molecule has 3 heterocycles. The summed E-state index contributed by atoms with van der Waals surface area (Å²) in [4.78, 5) is 65.5. The number of aromatic nitrogens is 1. The maximum Gasteiger partial charge on any atom is 0.408 e. The van der Waals surface area contributed by atoms with Crippen molar-refractivity contribution in [2.45, 2.75) is 119 Å². The van der Waals surface area contributed by atoms with E-state index in [4.69, 9.17) is 14.5 Å². The molecule has 1 unspecified atom stereocenters. The Hall–Kier alpha value is -5.25. The number of hydrogen-bond donors (Lipinski definition) is 3. The van der Waals surface area contributed by atoms with E-state index in [9.17, 15) is 32.3 Å². The molecule has 4 aliphatic carbocycles. The number of rotatable bonds is 9. The summed E-state index contributed by atoms with van der Waals surface area (Å²) < 4.78 is 54.1. The second kappa shape index (κ2) is 16.1. The number of ether oxygens (including phenoxy) is 2. The Bertz CT molecular complexity index is 2470. The van der Waals surface area contributed by atoms with Crippen LogP contribution in [-0.4, -0.2) is 100 Å². The Morgan fingerprint density at radius 1 is 1.02 bits per heavy atom. The normalized spacial score (nSPS) is 32.8. The lowest BCUT2D eigenvalue weighted by Gasteiger charge is -2.40. The molecule has 336 valence electrons. The Morgan fingerprint density at radius 2 is 1.75 bits per heavy atom. The maximum atomic E-state index is 15.4. The van der Waals surface area contributed by atoms with Gasteiger partial charge in [0, 0.05) is 29.3 Å². The van der Waals surface area contributed by atoms with Crippen LogP contribution in [0.4, 0.5) is 9.18 Å². The zero-order valence-electron chi connectivity index (χ0n) is 36.1. The maximum absolute atomic E-state index is 15.4. The topological polar surface area (TPSA) is 185 Å². The minimum atomic E-state index is -4.05. The Morgan fingerprint density at radius 3 is 2.43 bits per heavy atom. The number of carbonyl (C=O) groups excluding carboxylic acids is 3. The van der Waals surface area contributed by atoms with Gasteiger partial charge in [-0.3, -0.25) is 24.0 Å². The zero-order chi connectivity index (χ0) is 44.6. The van der Waals surface area contributed by atoms with Gasteiger partial charge in [0.15, 0.2) is 0 Å². The molecule has 4 amide bonds. The van der Waals surface area contributed by atoms with Crippen molar-refractivity contribution in [2.75, 3.05) is 13.7 Å². The van der Waals surface area contributed by atoms with Crippen molar-refractivity contribution in [3.05, 3.63) is 66.5 Å². The van der Waals surface area contributed by atoms with Crippen LogP contribution in [0.3, 0.4) is 0 Å². The van der Waals surface area contributed by atoms with Crippen LogP contribution in [0, 0.1) is 35.4 Å². The lowest BCUT2D eigenvalue weighted by molar-refractivity contribution is -0.145. The van der Waals surface area contributed by atoms with Crippen molar-refractivity contribution in [3.63, 3.8) is 0 Å². The van der Waals surface area contributed by atoms with Gasteiger partial charge >= 0.3 is 6.09 Å². The molecule has 2 aliphatic heterocycles. The Kier molecular flexibility index (Phi) is 11.0. The van der Waals surface area contributed by atoms with Crippen molar-refractivity contribution in [3.8, 4) is 22.9 Å². The van der Waals surface area contributed by atoms with E-state index in [1.165, 1.54) is 21.9 Å². The first-order valence-corrected chi connectivity index (χ1v) is 23.8. The number of carbonyl (C=O) groups is 4. The van der Waals surface area contributed by atoms with E-state index in [0.717, 1.165) is 12.8 Å². The summed E-state index contributed by atoms with van der Waals surface area (Å²) in [5.74, 6) is -1.57. The molecule has 3 N–H and O–H groups in total. The average molecular weight is 886 g/mol.